The highest BCUT2D eigenvalue weighted by atomic mass is 16.6. The molecule has 0 radical (unpaired) electrons. The van der Waals surface area contributed by atoms with Crippen LogP contribution in [0.5, 0.6) is 0 Å². The maximum Gasteiger partial charge on any atom is 0.306 e. The second-order valence-electron chi connectivity index (χ2n) is 13.5. The van der Waals surface area contributed by atoms with Crippen LogP contribution in [0, 0.1) is 11.8 Å². The van der Waals surface area contributed by atoms with Crippen molar-refractivity contribution in [3.05, 3.63) is 0 Å². The van der Waals surface area contributed by atoms with Crippen molar-refractivity contribution in [2.45, 2.75) is 195 Å². The van der Waals surface area contributed by atoms with Crippen molar-refractivity contribution in [3.8, 4) is 0 Å². The lowest BCUT2D eigenvalue weighted by Crippen LogP contribution is -2.30. The quantitative estimate of drug-likeness (QED) is 0.0441. The lowest BCUT2D eigenvalue weighted by molar-refractivity contribution is -0.167. The van der Waals surface area contributed by atoms with Crippen molar-refractivity contribution < 1.29 is 28.6 Å². The summed E-state index contributed by atoms with van der Waals surface area (Å²) in [6.07, 6.45) is 24.2. The molecule has 0 saturated heterocycles. The molecule has 0 aliphatic carbocycles. The minimum absolute atomic E-state index is 0.0691. The molecule has 0 spiro atoms. The first-order valence-corrected chi connectivity index (χ1v) is 18.2. The molecule has 43 heavy (non-hydrogen) atoms. The van der Waals surface area contributed by atoms with E-state index in [0.717, 1.165) is 76.0 Å². The number of unbranched alkanes of at least 4 members (excludes halogenated alkanes) is 16. The Hall–Kier alpha value is -1.59. The summed E-state index contributed by atoms with van der Waals surface area (Å²) >= 11 is 0. The predicted molar refractivity (Wildman–Crippen MR) is 178 cm³/mol. The summed E-state index contributed by atoms with van der Waals surface area (Å²) in [5.41, 5.74) is 0. The Balaban J connectivity index is 4.32. The average Bonchev–Trinajstić information content (AvgIpc) is 2.96. The van der Waals surface area contributed by atoms with Gasteiger partial charge in [0.15, 0.2) is 6.10 Å². The van der Waals surface area contributed by atoms with Gasteiger partial charge in [-0.15, -0.1) is 0 Å². The van der Waals surface area contributed by atoms with Crippen molar-refractivity contribution in [1.29, 1.82) is 0 Å². The molecular formula is C37H70O6. The smallest absolute Gasteiger partial charge is 0.306 e. The Morgan fingerprint density at radius 2 is 0.767 bits per heavy atom. The molecule has 0 aromatic carbocycles. The fourth-order valence-corrected chi connectivity index (χ4v) is 5.16. The normalized spacial score (nSPS) is 12.1. The number of carbonyl (C=O) groups is 3. The highest BCUT2D eigenvalue weighted by Gasteiger charge is 2.19. The second-order valence-corrected chi connectivity index (χ2v) is 13.5. The molecular weight excluding hydrogens is 540 g/mol. The lowest BCUT2D eigenvalue weighted by Gasteiger charge is -2.18. The summed E-state index contributed by atoms with van der Waals surface area (Å²) < 4.78 is 16.4. The molecule has 0 aliphatic rings. The van der Waals surface area contributed by atoms with Gasteiger partial charge in [0, 0.05) is 19.3 Å². The molecule has 0 heterocycles. The van der Waals surface area contributed by atoms with E-state index in [9.17, 15) is 14.4 Å². The zero-order valence-corrected chi connectivity index (χ0v) is 29.1. The monoisotopic (exact) mass is 611 g/mol. The molecule has 6 nitrogen and oxygen atoms in total. The van der Waals surface area contributed by atoms with E-state index in [1.807, 2.05) is 0 Å². The third-order valence-electron chi connectivity index (χ3n) is 7.97. The van der Waals surface area contributed by atoms with E-state index < -0.39 is 6.10 Å². The summed E-state index contributed by atoms with van der Waals surface area (Å²) in [4.78, 5) is 37.1. The van der Waals surface area contributed by atoms with Crippen molar-refractivity contribution in [1.82, 2.24) is 0 Å². The molecule has 0 aromatic heterocycles. The van der Waals surface area contributed by atoms with Crippen LogP contribution >= 0.6 is 0 Å². The van der Waals surface area contributed by atoms with Crippen LogP contribution in [0.4, 0.5) is 0 Å². The molecule has 0 rings (SSSR count). The third kappa shape index (κ3) is 31.6. The molecule has 1 atom stereocenters. The molecule has 0 N–H and O–H groups in total. The molecule has 6 heteroatoms. The van der Waals surface area contributed by atoms with Gasteiger partial charge in [0.1, 0.15) is 13.2 Å². The minimum Gasteiger partial charge on any atom is -0.462 e. The van der Waals surface area contributed by atoms with Crippen molar-refractivity contribution >= 4 is 17.9 Å². The van der Waals surface area contributed by atoms with Crippen molar-refractivity contribution in [2.75, 3.05) is 13.2 Å². The summed E-state index contributed by atoms with van der Waals surface area (Å²) in [5.74, 6) is 0.667. The van der Waals surface area contributed by atoms with E-state index in [-0.39, 0.29) is 31.1 Å². The summed E-state index contributed by atoms with van der Waals surface area (Å²) in [6, 6.07) is 0. The van der Waals surface area contributed by atoms with E-state index in [4.69, 9.17) is 14.2 Å². The van der Waals surface area contributed by atoms with Crippen LogP contribution in [0.15, 0.2) is 0 Å². The van der Waals surface area contributed by atoms with Gasteiger partial charge in [-0.05, 0) is 31.1 Å². The lowest BCUT2D eigenvalue weighted by atomic mass is 10.0. The summed E-state index contributed by atoms with van der Waals surface area (Å²) in [7, 11) is 0. The average molecular weight is 611 g/mol. The Kier molecular flexibility index (Phi) is 29.3. The van der Waals surface area contributed by atoms with Gasteiger partial charge in [-0.2, -0.15) is 0 Å². The number of hydrogen-bond donors (Lipinski definition) is 0. The number of hydrogen-bond acceptors (Lipinski definition) is 6. The highest BCUT2D eigenvalue weighted by molar-refractivity contribution is 5.71. The molecule has 0 fully saturated rings. The number of esters is 3. The van der Waals surface area contributed by atoms with Crippen LogP contribution < -0.4 is 0 Å². The van der Waals surface area contributed by atoms with Gasteiger partial charge in [0.05, 0.1) is 0 Å². The number of ether oxygens (including phenoxy) is 3. The zero-order valence-electron chi connectivity index (χ0n) is 29.1. The van der Waals surface area contributed by atoms with Crippen molar-refractivity contribution in [2.24, 2.45) is 11.8 Å². The Bertz CT molecular complexity index is 659. The van der Waals surface area contributed by atoms with E-state index >= 15 is 0 Å². The maximum atomic E-state index is 12.5. The minimum atomic E-state index is -0.757. The van der Waals surface area contributed by atoms with Crippen LogP contribution in [0.25, 0.3) is 0 Å². The van der Waals surface area contributed by atoms with Gasteiger partial charge in [-0.1, -0.05) is 150 Å². The van der Waals surface area contributed by atoms with E-state index in [1.54, 1.807) is 0 Å². The first kappa shape index (κ1) is 41.4. The van der Waals surface area contributed by atoms with E-state index in [1.165, 1.54) is 70.6 Å². The molecule has 0 amide bonds. The SMILES string of the molecule is CCCCCCCC(=O)OC[C@H](COC(=O)CCCCCCCCC(C)C)OC(=O)CCCCCCCCCCC(C)C. The van der Waals surface area contributed by atoms with Gasteiger partial charge in [0.25, 0.3) is 0 Å². The molecule has 0 aliphatic heterocycles. The molecule has 0 unspecified atom stereocenters. The van der Waals surface area contributed by atoms with Crippen LogP contribution in [-0.2, 0) is 28.6 Å². The van der Waals surface area contributed by atoms with Gasteiger partial charge in [-0.25, -0.2) is 0 Å². The first-order valence-electron chi connectivity index (χ1n) is 18.2. The van der Waals surface area contributed by atoms with Gasteiger partial charge < -0.3 is 14.2 Å². The fourth-order valence-electron chi connectivity index (χ4n) is 5.16. The van der Waals surface area contributed by atoms with Crippen LogP contribution in [0.2, 0.25) is 0 Å². The van der Waals surface area contributed by atoms with E-state index in [2.05, 4.69) is 34.6 Å². The number of rotatable bonds is 31. The molecule has 0 bridgehead atoms. The van der Waals surface area contributed by atoms with Gasteiger partial charge >= 0.3 is 17.9 Å². The van der Waals surface area contributed by atoms with Crippen LogP contribution in [0.1, 0.15) is 189 Å². The predicted octanol–water partition coefficient (Wildman–Crippen LogP) is 10.7. The molecule has 254 valence electrons. The maximum absolute atomic E-state index is 12.5. The van der Waals surface area contributed by atoms with Crippen LogP contribution in [-0.4, -0.2) is 37.2 Å². The molecule has 0 aromatic rings. The fraction of sp³-hybridized carbons (Fsp3) is 0.919. The summed E-state index contributed by atoms with van der Waals surface area (Å²) in [5, 5.41) is 0. The van der Waals surface area contributed by atoms with Crippen LogP contribution in [0.3, 0.4) is 0 Å². The topological polar surface area (TPSA) is 78.9 Å². The standard InChI is InChI=1S/C37H70O6/c1-6-7-8-15-22-27-35(38)41-30-34(31-42-36(39)28-23-18-14-13-17-21-26-33(4)5)43-37(40)29-24-19-12-10-9-11-16-20-25-32(2)3/h32-34H,6-31H2,1-5H3/t34-/m1/s1. The summed E-state index contributed by atoms with van der Waals surface area (Å²) in [6.45, 7) is 11.1. The Labute approximate surface area is 266 Å². The zero-order chi connectivity index (χ0) is 32.0. The number of carbonyl (C=O) groups excluding carboxylic acids is 3. The molecule has 0 saturated carbocycles. The highest BCUT2D eigenvalue weighted by Crippen LogP contribution is 2.15. The van der Waals surface area contributed by atoms with Crippen molar-refractivity contribution in [3.63, 3.8) is 0 Å². The van der Waals surface area contributed by atoms with Gasteiger partial charge in [0.2, 0.25) is 0 Å². The second kappa shape index (κ2) is 30.4. The largest absolute Gasteiger partial charge is 0.462 e. The van der Waals surface area contributed by atoms with Gasteiger partial charge in [-0.3, -0.25) is 14.4 Å². The Morgan fingerprint density at radius 1 is 0.442 bits per heavy atom. The third-order valence-corrected chi connectivity index (χ3v) is 7.97. The first-order chi connectivity index (χ1) is 20.7. The van der Waals surface area contributed by atoms with E-state index in [0.29, 0.717) is 19.3 Å². The Morgan fingerprint density at radius 3 is 1.14 bits per heavy atom.